The first-order valence-electron chi connectivity index (χ1n) is 8.72. The molecule has 3 nitrogen and oxygen atoms in total. The first-order chi connectivity index (χ1) is 13.0. The molecule has 5 heteroatoms. The predicted octanol–water partition coefficient (Wildman–Crippen LogP) is 5.33. The maximum absolute atomic E-state index is 14.1. The molecule has 0 spiro atoms. The van der Waals surface area contributed by atoms with Crippen LogP contribution < -0.4 is 4.90 Å². The highest BCUT2D eigenvalue weighted by molar-refractivity contribution is 8.00. The highest BCUT2D eigenvalue weighted by atomic mass is 32.2. The third-order valence-electron chi connectivity index (χ3n) is 4.35. The average Bonchev–Trinajstić information content (AvgIpc) is 2.67. The van der Waals surface area contributed by atoms with Gasteiger partial charge in [0.05, 0.1) is 5.75 Å². The van der Waals surface area contributed by atoms with E-state index in [-0.39, 0.29) is 17.4 Å². The smallest absolute Gasteiger partial charge is 0.237 e. The lowest BCUT2D eigenvalue weighted by atomic mass is 10.1. The van der Waals surface area contributed by atoms with Gasteiger partial charge in [0.15, 0.2) is 5.78 Å². The van der Waals surface area contributed by atoms with Gasteiger partial charge in [-0.25, -0.2) is 4.39 Å². The van der Waals surface area contributed by atoms with Gasteiger partial charge in [0.2, 0.25) is 5.91 Å². The largest absolute Gasteiger partial charge is 0.312 e. The molecule has 0 aliphatic rings. The molecule has 0 aliphatic heterocycles. The summed E-state index contributed by atoms with van der Waals surface area (Å²) < 4.78 is 14.1. The van der Waals surface area contributed by atoms with Crippen molar-refractivity contribution in [3.63, 3.8) is 0 Å². The Bertz CT molecular complexity index is 1000. The van der Waals surface area contributed by atoms with Crippen LogP contribution in [0, 0.1) is 5.82 Å². The van der Waals surface area contributed by atoms with Crippen LogP contribution in [-0.4, -0.2) is 24.0 Å². The number of carbonyl (C=O) groups is 2. The molecular weight excluding hydrogens is 361 g/mol. The van der Waals surface area contributed by atoms with E-state index in [2.05, 4.69) is 0 Å². The second-order valence-electron chi connectivity index (χ2n) is 6.16. The number of benzene rings is 3. The fourth-order valence-electron chi connectivity index (χ4n) is 2.90. The minimum absolute atomic E-state index is 0.0900. The quantitative estimate of drug-likeness (QED) is 0.428. The van der Waals surface area contributed by atoms with Gasteiger partial charge in [-0.2, -0.15) is 0 Å². The maximum atomic E-state index is 14.1. The van der Waals surface area contributed by atoms with Crippen molar-refractivity contribution in [2.75, 3.05) is 17.2 Å². The number of thioether (sulfide) groups is 1. The van der Waals surface area contributed by atoms with Crippen LogP contribution in [0.5, 0.6) is 0 Å². The molecule has 0 unspecified atom stereocenters. The molecule has 0 aromatic heterocycles. The molecule has 1 amide bonds. The van der Waals surface area contributed by atoms with Gasteiger partial charge in [-0.15, -0.1) is 11.8 Å². The number of Topliss-reactive ketones (excluding diaryl/α,β-unsaturated/α-hetero) is 1. The van der Waals surface area contributed by atoms with Crippen molar-refractivity contribution in [1.82, 2.24) is 0 Å². The number of ketones is 1. The van der Waals surface area contributed by atoms with Gasteiger partial charge >= 0.3 is 0 Å². The number of hydrogen-bond donors (Lipinski definition) is 0. The van der Waals surface area contributed by atoms with Crippen molar-refractivity contribution >= 4 is 39.9 Å². The summed E-state index contributed by atoms with van der Waals surface area (Å²) in [5.41, 5.74) is 1.16. The summed E-state index contributed by atoms with van der Waals surface area (Å²) in [7, 11) is 0. The van der Waals surface area contributed by atoms with Crippen molar-refractivity contribution in [1.29, 1.82) is 0 Å². The van der Waals surface area contributed by atoms with E-state index in [1.807, 2.05) is 49.4 Å². The number of nitrogens with zero attached hydrogens (tertiary/aromatic N) is 1. The fourth-order valence-corrected chi connectivity index (χ4v) is 3.70. The third kappa shape index (κ3) is 4.37. The van der Waals surface area contributed by atoms with E-state index >= 15 is 0 Å². The number of anilines is 1. The van der Waals surface area contributed by atoms with Crippen molar-refractivity contribution in [2.45, 2.75) is 18.7 Å². The highest BCUT2D eigenvalue weighted by Crippen LogP contribution is 2.26. The highest BCUT2D eigenvalue weighted by Gasteiger charge is 2.16. The van der Waals surface area contributed by atoms with Crippen LogP contribution in [0.25, 0.3) is 10.8 Å². The molecule has 0 atom stereocenters. The number of fused-ring (bicyclic) bond motifs is 1. The van der Waals surface area contributed by atoms with Crippen LogP contribution in [0.4, 0.5) is 10.1 Å². The second-order valence-corrected chi connectivity index (χ2v) is 7.18. The van der Waals surface area contributed by atoms with E-state index in [9.17, 15) is 14.0 Å². The molecule has 0 N–H and O–H groups in total. The Labute approximate surface area is 162 Å². The minimum Gasteiger partial charge on any atom is -0.312 e. The van der Waals surface area contributed by atoms with E-state index < -0.39 is 5.82 Å². The molecule has 138 valence electrons. The SMILES string of the molecule is CCN(C(=O)CSc1ccc(C(C)=O)cc1F)c1ccc2ccccc2c1. The monoisotopic (exact) mass is 381 g/mol. The molecule has 0 saturated carbocycles. The third-order valence-corrected chi connectivity index (χ3v) is 5.38. The van der Waals surface area contributed by atoms with Gasteiger partial charge in [0.25, 0.3) is 0 Å². The van der Waals surface area contributed by atoms with Gasteiger partial charge in [0.1, 0.15) is 5.82 Å². The number of carbonyl (C=O) groups excluding carboxylic acids is 2. The van der Waals surface area contributed by atoms with Crippen LogP contribution >= 0.6 is 11.8 Å². The number of halogens is 1. The van der Waals surface area contributed by atoms with Crippen molar-refractivity contribution in [2.24, 2.45) is 0 Å². The Morgan fingerprint density at radius 2 is 1.74 bits per heavy atom. The zero-order chi connectivity index (χ0) is 19.4. The molecule has 3 aromatic carbocycles. The zero-order valence-corrected chi connectivity index (χ0v) is 16.1. The average molecular weight is 381 g/mol. The summed E-state index contributed by atoms with van der Waals surface area (Å²) in [4.78, 5) is 26.1. The first-order valence-corrected chi connectivity index (χ1v) is 9.70. The molecule has 0 heterocycles. The molecule has 27 heavy (non-hydrogen) atoms. The Morgan fingerprint density at radius 1 is 1.00 bits per heavy atom. The Morgan fingerprint density at radius 3 is 2.41 bits per heavy atom. The summed E-state index contributed by atoms with van der Waals surface area (Å²) in [6, 6.07) is 18.2. The van der Waals surface area contributed by atoms with Gasteiger partial charge in [0, 0.05) is 22.7 Å². The summed E-state index contributed by atoms with van der Waals surface area (Å²) in [6.45, 7) is 3.84. The van der Waals surface area contributed by atoms with E-state index in [1.54, 1.807) is 17.0 Å². The normalized spacial score (nSPS) is 10.8. The number of rotatable bonds is 6. The second kappa shape index (κ2) is 8.35. The van der Waals surface area contributed by atoms with E-state index in [0.29, 0.717) is 17.0 Å². The summed E-state index contributed by atoms with van der Waals surface area (Å²) in [5, 5.41) is 2.19. The van der Waals surface area contributed by atoms with Crippen LogP contribution in [0.15, 0.2) is 65.6 Å². The lowest BCUT2D eigenvalue weighted by Gasteiger charge is -2.21. The van der Waals surface area contributed by atoms with Crippen molar-refractivity contribution in [3.8, 4) is 0 Å². The molecule has 0 radical (unpaired) electrons. The Hall–Kier alpha value is -2.66. The van der Waals surface area contributed by atoms with Crippen molar-refractivity contribution in [3.05, 3.63) is 72.0 Å². The number of amides is 1. The lowest BCUT2D eigenvalue weighted by Crippen LogP contribution is -2.32. The number of hydrogen-bond acceptors (Lipinski definition) is 3. The van der Waals surface area contributed by atoms with E-state index in [4.69, 9.17) is 0 Å². The topological polar surface area (TPSA) is 37.4 Å². The standard InChI is InChI=1S/C22H20FNO2S/c1-3-24(19-10-8-16-6-4-5-7-18(16)12-19)22(26)14-27-21-11-9-17(15(2)25)13-20(21)23/h4-13H,3,14H2,1-2H3. The lowest BCUT2D eigenvalue weighted by molar-refractivity contribution is -0.116. The maximum Gasteiger partial charge on any atom is 0.237 e. The van der Waals surface area contributed by atoms with Crippen LogP contribution in [0.2, 0.25) is 0 Å². The van der Waals surface area contributed by atoms with Gasteiger partial charge in [-0.1, -0.05) is 36.4 Å². The van der Waals surface area contributed by atoms with Crippen LogP contribution in [0.1, 0.15) is 24.2 Å². The molecule has 0 bridgehead atoms. The van der Waals surface area contributed by atoms with Gasteiger partial charge < -0.3 is 4.90 Å². The van der Waals surface area contributed by atoms with E-state index in [1.165, 1.54) is 13.0 Å². The molecule has 3 aromatic rings. The predicted molar refractivity (Wildman–Crippen MR) is 109 cm³/mol. The fraction of sp³-hybridized carbons (Fsp3) is 0.182. The Balaban J connectivity index is 1.74. The van der Waals surface area contributed by atoms with Crippen molar-refractivity contribution < 1.29 is 14.0 Å². The molecular formula is C22H20FNO2S. The van der Waals surface area contributed by atoms with Crippen LogP contribution in [0.3, 0.4) is 0 Å². The van der Waals surface area contributed by atoms with Crippen LogP contribution in [-0.2, 0) is 4.79 Å². The summed E-state index contributed by atoms with van der Waals surface area (Å²) >= 11 is 1.14. The summed E-state index contributed by atoms with van der Waals surface area (Å²) in [5.74, 6) is -0.631. The molecule has 0 aliphatic carbocycles. The first kappa shape index (κ1) is 19.1. The Kier molecular flexibility index (Phi) is 5.91. The molecule has 0 saturated heterocycles. The summed E-state index contributed by atoms with van der Waals surface area (Å²) in [6.07, 6.45) is 0. The molecule has 3 rings (SSSR count). The van der Waals surface area contributed by atoms with Gasteiger partial charge in [-0.3, -0.25) is 9.59 Å². The van der Waals surface area contributed by atoms with E-state index in [0.717, 1.165) is 28.2 Å². The van der Waals surface area contributed by atoms with Gasteiger partial charge in [-0.05, 0) is 48.9 Å². The zero-order valence-electron chi connectivity index (χ0n) is 15.2. The minimum atomic E-state index is -0.478. The molecule has 0 fully saturated rings.